The van der Waals surface area contributed by atoms with Gasteiger partial charge in [0.1, 0.15) is 0 Å². The summed E-state index contributed by atoms with van der Waals surface area (Å²) in [6.45, 7) is 3.08. The number of nitrogens with two attached hydrogens (primary N) is 1. The molecule has 2 unspecified atom stereocenters. The van der Waals surface area contributed by atoms with Crippen molar-refractivity contribution in [3.63, 3.8) is 0 Å². The number of amides is 1. The minimum atomic E-state index is -0.570. The third-order valence-electron chi connectivity index (χ3n) is 3.70. The molecule has 0 spiro atoms. The van der Waals surface area contributed by atoms with Crippen LogP contribution in [0.1, 0.15) is 24.8 Å². The van der Waals surface area contributed by atoms with Crippen LogP contribution in [-0.2, 0) is 4.79 Å². The first-order valence-electron chi connectivity index (χ1n) is 6.44. The lowest BCUT2D eigenvalue weighted by atomic mass is 9.99. The zero-order valence-corrected chi connectivity index (χ0v) is 11.0. The molecule has 3 N–H and O–H groups in total. The highest BCUT2D eigenvalue weighted by atomic mass is 16.4. The lowest BCUT2D eigenvalue weighted by Gasteiger charge is -2.20. The SMILES string of the molecule is CC(C(=O)N1CCC(c2ccccc2)C1)C(N)=NO. The fourth-order valence-corrected chi connectivity index (χ4v) is 2.44. The van der Waals surface area contributed by atoms with Gasteiger partial charge in [0.2, 0.25) is 5.91 Å². The summed E-state index contributed by atoms with van der Waals surface area (Å²) in [5.41, 5.74) is 6.74. The average Bonchev–Trinajstić information content (AvgIpc) is 2.95. The molecule has 0 radical (unpaired) electrons. The number of rotatable bonds is 3. The largest absolute Gasteiger partial charge is 0.409 e. The summed E-state index contributed by atoms with van der Waals surface area (Å²) in [6.07, 6.45) is 0.957. The molecule has 102 valence electrons. The number of carbonyl (C=O) groups excluding carboxylic acids is 1. The van der Waals surface area contributed by atoms with Gasteiger partial charge in [0.15, 0.2) is 5.84 Å². The Morgan fingerprint density at radius 3 is 2.79 bits per heavy atom. The standard InChI is InChI=1S/C14H19N3O2/c1-10(13(15)16-19)14(18)17-8-7-12(9-17)11-5-3-2-4-6-11/h2-6,10,12,19H,7-9H2,1H3,(H2,15,16). The molecule has 1 aliphatic heterocycles. The summed E-state index contributed by atoms with van der Waals surface area (Å²) >= 11 is 0. The highest BCUT2D eigenvalue weighted by molar-refractivity contribution is 6.01. The quantitative estimate of drug-likeness (QED) is 0.373. The van der Waals surface area contributed by atoms with Crippen LogP contribution in [0.5, 0.6) is 0 Å². The molecule has 0 saturated carbocycles. The Morgan fingerprint density at radius 1 is 1.47 bits per heavy atom. The molecule has 19 heavy (non-hydrogen) atoms. The summed E-state index contributed by atoms with van der Waals surface area (Å²) in [5, 5.41) is 11.5. The van der Waals surface area contributed by atoms with Gasteiger partial charge in [-0.15, -0.1) is 0 Å². The second kappa shape index (κ2) is 5.73. The number of nitrogens with zero attached hydrogens (tertiary/aromatic N) is 2. The Bertz CT molecular complexity index is 473. The molecule has 0 aromatic heterocycles. The summed E-state index contributed by atoms with van der Waals surface area (Å²) in [5.74, 6) is -0.300. The van der Waals surface area contributed by atoms with E-state index in [0.717, 1.165) is 13.0 Å². The van der Waals surface area contributed by atoms with E-state index in [0.29, 0.717) is 12.5 Å². The van der Waals surface area contributed by atoms with E-state index in [1.54, 1.807) is 11.8 Å². The van der Waals surface area contributed by atoms with Gasteiger partial charge in [-0.05, 0) is 18.9 Å². The van der Waals surface area contributed by atoms with Crippen LogP contribution < -0.4 is 5.73 Å². The van der Waals surface area contributed by atoms with E-state index in [1.165, 1.54) is 5.56 Å². The van der Waals surface area contributed by atoms with Crippen molar-refractivity contribution >= 4 is 11.7 Å². The number of hydrogen-bond donors (Lipinski definition) is 2. The summed E-state index contributed by atoms with van der Waals surface area (Å²) in [4.78, 5) is 14.0. The number of oxime groups is 1. The van der Waals surface area contributed by atoms with Gasteiger partial charge < -0.3 is 15.8 Å². The number of hydrogen-bond acceptors (Lipinski definition) is 3. The third kappa shape index (κ3) is 2.86. The Morgan fingerprint density at radius 2 is 2.16 bits per heavy atom. The second-order valence-corrected chi connectivity index (χ2v) is 4.93. The van der Waals surface area contributed by atoms with Crippen LogP contribution in [0, 0.1) is 5.92 Å². The van der Waals surface area contributed by atoms with E-state index in [2.05, 4.69) is 17.3 Å². The van der Waals surface area contributed by atoms with Gasteiger partial charge in [0.25, 0.3) is 0 Å². The zero-order valence-electron chi connectivity index (χ0n) is 11.0. The van der Waals surface area contributed by atoms with Crippen LogP contribution in [0.25, 0.3) is 0 Å². The molecular weight excluding hydrogens is 242 g/mol. The Balaban J connectivity index is 2.01. The number of benzene rings is 1. The maximum Gasteiger partial charge on any atom is 0.233 e. The Labute approximate surface area is 112 Å². The smallest absolute Gasteiger partial charge is 0.233 e. The fraction of sp³-hybridized carbons (Fsp3) is 0.429. The predicted molar refractivity (Wildman–Crippen MR) is 73.0 cm³/mol. The summed E-state index contributed by atoms with van der Waals surface area (Å²) in [7, 11) is 0. The van der Waals surface area contributed by atoms with E-state index < -0.39 is 5.92 Å². The molecule has 5 nitrogen and oxygen atoms in total. The monoisotopic (exact) mass is 261 g/mol. The van der Waals surface area contributed by atoms with E-state index in [9.17, 15) is 4.79 Å². The van der Waals surface area contributed by atoms with Crippen molar-refractivity contribution in [1.82, 2.24) is 4.90 Å². The van der Waals surface area contributed by atoms with Crippen molar-refractivity contribution in [3.8, 4) is 0 Å². The van der Waals surface area contributed by atoms with Gasteiger partial charge in [-0.1, -0.05) is 35.5 Å². The third-order valence-corrected chi connectivity index (χ3v) is 3.70. The Kier molecular flexibility index (Phi) is 4.04. The highest BCUT2D eigenvalue weighted by Crippen LogP contribution is 2.27. The molecular formula is C14H19N3O2. The van der Waals surface area contributed by atoms with Crippen LogP contribution in [0.4, 0.5) is 0 Å². The van der Waals surface area contributed by atoms with E-state index in [-0.39, 0.29) is 11.7 Å². The van der Waals surface area contributed by atoms with Gasteiger partial charge in [-0.2, -0.15) is 0 Å². The number of carbonyl (C=O) groups is 1. The molecule has 2 atom stereocenters. The normalized spacial score (nSPS) is 21.4. The van der Waals surface area contributed by atoms with Crippen molar-refractivity contribution in [2.24, 2.45) is 16.8 Å². The van der Waals surface area contributed by atoms with E-state index >= 15 is 0 Å². The molecule has 1 amide bonds. The summed E-state index contributed by atoms with van der Waals surface area (Å²) < 4.78 is 0. The van der Waals surface area contributed by atoms with Gasteiger partial charge in [0, 0.05) is 19.0 Å². The molecule has 0 aliphatic carbocycles. The summed E-state index contributed by atoms with van der Waals surface area (Å²) in [6, 6.07) is 10.2. The topological polar surface area (TPSA) is 78.9 Å². The van der Waals surface area contributed by atoms with Crippen molar-refractivity contribution < 1.29 is 10.0 Å². The minimum absolute atomic E-state index is 0.0341. The molecule has 1 aliphatic rings. The molecule has 2 rings (SSSR count). The molecule has 1 heterocycles. The Hall–Kier alpha value is -2.04. The van der Waals surface area contributed by atoms with Gasteiger partial charge in [-0.3, -0.25) is 4.79 Å². The van der Waals surface area contributed by atoms with Gasteiger partial charge >= 0.3 is 0 Å². The minimum Gasteiger partial charge on any atom is -0.409 e. The maximum atomic E-state index is 12.2. The van der Waals surface area contributed by atoms with Gasteiger partial charge in [0.05, 0.1) is 5.92 Å². The van der Waals surface area contributed by atoms with Crippen LogP contribution >= 0.6 is 0 Å². The van der Waals surface area contributed by atoms with Crippen LogP contribution in [0.3, 0.4) is 0 Å². The van der Waals surface area contributed by atoms with Crippen molar-refractivity contribution in [1.29, 1.82) is 0 Å². The predicted octanol–water partition coefficient (Wildman–Crippen LogP) is 1.38. The number of likely N-dealkylation sites (tertiary alicyclic amines) is 1. The van der Waals surface area contributed by atoms with Crippen molar-refractivity contribution in [2.45, 2.75) is 19.3 Å². The first kappa shape index (κ1) is 13.4. The lowest BCUT2D eigenvalue weighted by Crippen LogP contribution is -2.39. The first-order valence-corrected chi connectivity index (χ1v) is 6.44. The maximum absolute atomic E-state index is 12.2. The van der Waals surface area contributed by atoms with Crippen LogP contribution in [0.15, 0.2) is 35.5 Å². The molecule has 0 bridgehead atoms. The first-order chi connectivity index (χ1) is 9.13. The lowest BCUT2D eigenvalue weighted by molar-refractivity contribution is -0.131. The number of amidine groups is 1. The van der Waals surface area contributed by atoms with Gasteiger partial charge in [-0.25, -0.2) is 0 Å². The van der Waals surface area contributed by atoms with E-state index in [1.807, 2.05) is 18.2 Å². The fourth-order valence-electron chi connectivity index (χ4n) is 2.44. The molecule has 1 aromatic rings. The molecule has 5 heteroatoms. The van der Waals surface area contributed by atoms with Crippen LogP contribution in [0.2, 0.25) is 0 Å². The van der Waals surface area contributed by atoms with Crippen molar-refractivity contribution in [2.75, 3.05) is 13.1 Å². The molecule has 1 aromatic carbocycles. The zero-order chi connectivity index (χ0) is 13.8. The van der Waals surface area contributed by atoms with E-state index in [4.69, 9.17) is 10.9 Å². The van der Waals surface area contributed by atoms with Crippen molar-refractivity contribution in [3.05, 3.63) is 35.9 Å². The average molecular weight is 261 g/mol. The van der Waals surface area contributed by atoms with Crippen LogP contribution in [-0.4, -0.2) is 34.9 Å². The highest BCUT2D eigenvalue weighted by Gasteiger charge is 2.31. The molecule has 1 saturated heterocycles. The second-order valence-electron chi connectivity index (χ2n) is 4.93. The molecule has 1 fully saturated rings.